The fourth-order valence-electron chi connectivity index (χ4n) is 2.56. The maximum atomic E-state index is 13.6. The molecule has 0 saturated carbocycles. The highest BCUT2D eigenvalue weighted by molar-refractivity contribution is 6.37. The van der Waals surface area contributed by atoms with Crippen LogP contribution in [0.4, 0.5) is 4.39 Å². The summed E-state index contributed by atoms with van der Waals surface area (Å²) in [4.78, 5) is 12.0. The Bertz CT molecular complexity index is 855. The zero-order chi connectivity index (χ0) is 15.0. The minimum absolute atomic E-state index is 0.0954. The number of carbonyl (C=O) groups is 1. The first-order valence-electron chi connectivity index (χ1n) is 6.56. The van der Waals surface area contributed by atoms with E-state index in [-0.39, 0.29) is 11.6 Å². The van der Waals surface area contributed by atoms with Crippen LogP contribution in [0.3, 0.4) is 0 Å². The van der Waals surface area contributed by atoms with Crippen molar-refractivity contribution in [2.24, 2.45) is 0 Å². The lowest BCUT2D eigenvalue weighted by atomic mass is 9.91. The van der Waals surface area contributed by atoms with Gasteiger partial charge in [0.25, 0.3) is 0 Å². The normalized spacial score (nSPS) is 10.8. The largest absolute Gasteiger partial charge is 0.294 e. The summed E-state index contributed by atoms with van der Waals surface area (Å²) in [5.74, 6) is -0.428. The van der Waals surface area contributed by atoms with Crippen molar-refractivity contribution < 1.29 is 9.18 Å². The van der Waals surface area contributed by atoms with Crippen molar-refractivity contribution in [3.8, 4) is 11.1 Å². The Kier molecular flexibility index (Phi) is 3.48. The Hall–Kier alpha value is -2.19. The summed E-state index contributed by atoms with van der Waals surface area (Å²) in [7, 11) is 0. The summed E-state index contributed by atoms with van der Waals surface area (Å²) < 4.78 is 13.6. The van der Waals surface area contributed by atoms with Crippen molar-refractivity contribution in [3.05, 3.63) is 71.0 Å². The van der Waals surface area contributed by atoms with E-state index in [9.17, 15) is 9.18 Å². The molecular weight excluding hydrogens is 287 g/mol. The van der Waals surface area contributed by atoms with Gasteiger partial charge in [-0.05, 0) is 36.1 Å². The highest BCUT2D eigenvalue weighted by Gasteiger charge is 2.16. The molecule has 0 aliphatic rings. The molecule has 0 fully saturated rings. The van der Waals surface area contributed by atoms with Crippen LogP contribution in [0.2, 0.25) is 5.02 Å². The second kappa shape index (κ2) is 5.30. The van der Waals surface area contributed by atoms with Gasteiger partial charge < -0.3 is 0 Å². The molecule has 0 unspecified atom stereocenters. The van der Waals surface area contributed by atoms with Gasteiger partial charge >= 0.3 is 0 Å². The summed E-state index contributed by atoms with van der Waals surface area (Å²) in [5.41, 5.74) is 1.90. The third kappa shape index (κ3) is 2.43. The van der Waals surface area contributed by atoms with Gasteiger partial charge in [-0.15, -0.1) is 0 Å². The van der Waals surface area contributed by atoms with E-state index >= 15 is 0 Å². The molecule has 0 aliphatic carbocycles. The SMILES string of the molecule is CC(=O)c1cc(Cl)c2ccccc2c1-c1cccc(F)c1. The van der Waals surface area contributed by atoms with Gasteiger partial charge in [0, 0.05) is 21.5 Å². The average Bonchev–Trinajstić information content (AvgIpc) is 2.47. The number of fused-ring (bicyclic) bond motifs is 1. The molecule has 0 spiro atoms. The second-order valence-corrected chi connectivity index (χ2v) is 5.30. The first-order chi connectivity index (χ1) is 10.1. The van der Waals surface area contributed by atoms with Crippen LogP contribution in [0.25, 0.3) is 21.9 Å². The monoisotopic (exact) mass is 298 g/mol. The molecule has 0 radical (unpaired) electrons. The van der Waals surface area contributed by atoms with Crippen LogP contribution in [-0.2, 0) is 0 Å². The van der Waals surface area contributed by atoms with Crippen LogP contribution in [0.5, 0.6) is 0 Å². The molecule has 0 aliphatic heterocycles. The highest BCUT2D eigenvalue weighted by Crippen LogP contribution is 2.36. The van der Waals surface area contributed by atoms with E-state index in [1.165, 1.54) is 19.1 Å². The Morgan fingerprint density at radius 2 is 1.71 bits per heavy atom. The molecule has 0 N–H and O–H groups in total. The van der Waals surface area contributed by atoms with Gasteiger partial charge in [0.15, 0.2) is 5.78 Å². The van der Waals surface area contributed by atoms with Gasteiger partial charge in [0.2, 0.25) is 0 Å². The lowest BCUT2D eigenvalue weighted by Gasteiger charge is -2.13. The van der Waals surface area contributed by atoms with Crippen molar-refractivity contribution in [1.82, 2.24) is 0 Å². The summed E-state index contributed by atoms with van der Waals surface area (Å²) >= 11 is 6.27. The van der Waals surface area contributed by atoms with Crippen molar-refractivity contribution in [3.63, 3.8) is 0 Å². The fraction of sp³-hybridized carbons (Fsp3) is 0.0556. The maximum Gasteiger partial charge on any atom is 0.160 e. The summed E-state index contributed by atoms with van der Waals surface area (Å²) in [6.45, 7) is 1.49. The number of hydrogen-bond donors (Lipinski definition) is 0. The molecular formula is C18H12ClFO. The third-order valence-electron chi connectivity index (χ3n) is 3.49. The molecule has 104 valence electrons. The standard InChI is InChI=1S/C18H12ClFO/c1-11(21)16-10-17(19)14-7-2-3-8-15(14)18(16)12-5-4-6-13(20)9-12/h2-10H,1H3. The predicted octanol–water partition coefficient (Wildman–Crippen LogP) is 5.50. The number of carbonyl (C=O) groups excluding carboxylic acids is 1. The zero-order valence-corrected chi connectivity index (χ0v) is 12.1. The quantitative estimate of drug-likeness (QED) is 0.571. The van der Waals surface area contributed by atoms with Gasteiger partial charge in [-0.2, -0.15) is 0 Å². The Balaban J connectivity index is 2.46. The fourth-order valence-corrected chi connectivity index (χ4v) is 2.84. The zero-order valence-electron chi connectivity index (χ0n) is 11.4. The molecule has 3 aromatic rings. The van der Waals surface area contributed by atoms with Crippen molar-refractivity contribution in [2.45, 2.75) is 6.92 Å². The predicted molar refractivity (Wildman–Crippen MR) is 84.4 cm³/mol. The Labute approximate surface area is 127 Å². The van der Waals surface area contributed by atoms with Gasteiger partial charge in [0.05, 0.1) is 0 Å². The van der Waals surface area contributed by atoms with Crippen LogP contribution in [0.1, 0.15) is 17.3 Å². The van der Waals surface area contributed by atoms with Crippen molar-refractivity contribution in [1.29, 1.82) is 0 Å². The summed E-state index contributed by atoms with van der Waals surface area (Å²) in [6.07, 6.45) is 0. The molecule has 0 bridgehead atoms. The Morgan fingerprint density at radius 1 is 1.00 bits per heavy atom. The number of Topliss-reactive ketones (excluding diaryl/α,β-unsaturated/α-hetero) is 1. The number of halogens is 2. The molecule has 3 rings (SSSR count). The average molecular weight is 299 g/mol. The van der Waals surface area contributed by atoms with Gasteiger partial charge in [0.1, 0.15) is 5.82 Å². The van der Waals surface area contributed by atoms with Crippen LogP contribution in [-0.4, -0.2) is 5.78 Å². The summed E-state index contributed by atoms with van der Waals surface area (Å²) in [6, 6.07) is 15.5. The number of hydrogen-bond acceptors (Lipinski definition) is 1. The van der Waals surface area contributed by atoms with E-state index in [1.807, 2.05) is 24.3 Å². The van der Waals surface area contributed by atoms with E-state index < -0.39 is 0 Å². The van der Waals surface area contributed by atoms with Gasteiger partial charge in [-0.25, -0.2) is 4.39 Å². The van der Waals surface area contributed by atoms with Crippen LogP contribution in [0, 0.1) is 5.82 Å². The van der Waals surface area contributed by atoms with E-state index in [0.29, 0.717) is 16.1 Å². The minimum atomic E-state index is -0.332. The number of ketones is 1. The molecule has 3 heteroatoms. The van der Waals surface area contributed by atoms with Gasteiger partial charge in [-0.3, -0.25) is 4.79 Å². The van der Waals surface area contributed by atoms with Crippen LogP contribution in [0.15, 0.2) is 54.6 Å². The third-order valence-corrected chi connectivity index (χ3v) is 3.80. The first kappa shape index (κ1) is 13.8. The minimum Gasteiger partial charge on any atom is -0.294 e. The molecule has 0 aromatic heterocycles. The molecule has 1 nitrogen and oxygen atoms in total. The van der Waals surface area contributed by atoms with Crippen molar-refractivity contribution >= 4 is 28.2 Å². The summed E-state index contributed by atoms with van der Waals surface area (Å²) in [5, 5.41) is 2.22. The number of benzene rings is 3. The maximum absolute atomic E-state index is 13.6. The molecule has 0 saturated heterocycles. The molecule has 3 aromatic carbocycles. The van der Waals surface area contributed by atoms with E-state index in [4.69, 9.17) is 11.6 Å². The lowest BCUT2D eigenvalue weighted by molar-refractivity contribution is 0.101. The number of rotatable bonds is 2. The van der Waals surface area contributed by atoms with E-state index in [1.54, 1.807) is 18.2 Å². The lowest BCUT2D eigenvalue weighted by Crippen LogP contribution is -1.98. The Morgan fingerprint density at radius 3 is 2.38 bits per heavy atom. The highest BCUT2D eigenvalue weighted by atomic mass is 35.5. The van der Waals surface area contributed by atoms with E-state index in [2.05, 4.69) is 0 Å². The topological polar surface area (TPSA) is 17.1 Å². The van der Waals surface area contributed by atoms with Crippen LogP contribution >= 0.6 is 11.6 Å². The first-order valence-corrected chi connectivity index (χ1v) is 6.94. The molecule has 0 atom stereocenters. The van der Waals surface area contributed by atoms with Crippen molar-refractivity contribution in [2.75, 3.05) is 0 Å². The molecule has 21 heavy (non-hydrogen) atoms. The van der Waals surface area contributed by atoms with E-state index in [0.717, 1.165) is 16.3 Å². The van der Waals surface area contributed by atoms with Crippen LogP contribution < -0.4 is 0 Å². The smallest absolute Gasteiger partial charge is 0.160 e. The molecule has 0 heterocycles. The van der Waals surface area contributed by atoms with Gasteiger partial charge in [-0.1, -0.05) is 48.0 Å². The molecule has 0 amide bonds. The second-order valence-electron chi connectivity index (χ2n) is 4.89.